The normalized spacial score (nSPS) is 12.3. The smallest absolute Gasteiger partial charge is 0.322 e. The van der Waals surface area contributed by atoms with Gasteiger partial charge in [0.15, 0.2) is 0 Å². The fourth-order valence-electron chi connectivity index (χ4n) is 7.23. The van der Waals surface area contributed by atoms with Crippen LogP contribution in [0, 0.1) is 0 Å². The van der Waals surface area contributed by atoms with E-state index in [0.29, 0.717) is 12.8 Å². The average Bonchev–Trinajstić information content (AvgIpc) is 3.18. The molecule has 0 spiro atoms. The van der Waals surface area contributed by atoms with Crippen molar-refractivity contribution in [3.05, 3.63) is 36.5 Å². The number of aliphatic carboxylic acids is 1. The molecule has 0 saturated heterocycles. The first-order valence-electron chi connectivity index (χ1n) is 24.1. The summed E-state index contributed by atoms with van der Waals surface area (Å²) in [5, 5.41) is 11.1. The second-order valence-corrected chi connectivity index (χ2v) is 16.4. The van der Waals surface area contributed by atoms with Crippen molar-refractivity contribution in [2.24, 2.45) is 0 Å². The van der Waals surface area contributed by atoms with Gasteiger partial charge in [-0.05, 0) is 77.0 Å². The quantitative estimate of drug-likeness (QED) is 0.0364. The van der Waals surface area contributed by atoms with Crippen LogP contribution in [0.5, 0.6) is 0 Å². The summed E-state index contributed by atoms with van der Waals surface area (Å²) in [7, 11) is 0. The molecule has 0 bridgehead atoms. The molecule has 2 N–H and O–H groups in total. The SMILES string of the molecule is CCCCC/C=C\C/C=C\C/C=C\CCCCCCCCC(=O)OC(CCCCCCCCCCCCCCCCC)CCCCCCCC(=O)NCC(=O)O. The molecule has 0 fully saturated rings. The third kappa shape index (κ3) is 44.3. The first-order valence-corrected chi connectivity index (χ1v) is 24.1. The third-order valence-corrected chi connectivity index (χ3v) is 10.8. The van der Waals surface area contributed by atoms with Gasteiger partial charge in [0.1, 0.15) is 12.6 Å². The molecule has 1 amide bonds. The number of carboxylic acid groups (broad SMARTS) is 1. The summed E-state index contributed by atoms with van der Waals surface area (Å²) >= 11 is 0. The number of hydrogen-bond donors (Lipinski definition) is 2. The fourth-order valence-corrected chi connectivity index (χ4v) is 7.23. The van der Waals surface area contributed by atoms with Gasteiger partial charge in [-0.15, -0.1) is 0 Å². The Labute approximate surface area is 346 Å². The number of allylic oxidation sites excluding steroid dienone is 6. The summed E-state index contributed by atoms with van der Waals surface area (Å²) in [4.78, 5) is 35.2. The Morgan fingerprint density at radius 1 is 0.464 bits per heavy atom. The zero-order valence-corrected chi connectivity index (χ0v) is 37.0. The Hall–Kier alpha value is -2.37. The average molecular weight is 786 g/mol. The maximum absolute atomic E-state index is 12.8. The van der Waals surface area contributed by atoms with E-state index >= 15 is 0 Å². The summed E-state index contributed by atoms with van der Waals surface area (Å²) < 4.78 is 6.06. The molecular weight excluding hydrogens is 695 g/mol. The number of unbranched alkanes of at least 4 members (excludes halogenated alkanes) is 27. The highest BCUT2D eigenvalue weighted by atomic mass is 16.5. The monoisotopic (exact) mass is 786 g/mol. The molecule has 0 aromatic heterocycles. The van der Waals surface area contributed by atoms with Crippen LogP contribution in [-0.2, 0) is 19.1 Å². The lowest BCUT2D eigenvalue weighted by Crippen LogP contribution is -2.28. The highest BCUT2D eigenvalue weighted by Crippen LogP contribution is 2.19. The van der Waals surface area contributed by atoms with E-state index in [2.05, 4.69) is 55.6 Å². The molecule has 1 atom stereocenters. The van der Waals surface area contributed by atoms with Gasteiger partial charge in [0, 0.05) is 12.8 Å². The van der Waals surface area contributed by atoms with E-state index in [9.17, 15) is 14.4 Å². The lowest BCUT2D eigenvalue weighted by Gasteiger charge is -2.18. The first-order chi connectivity index (χ1) is 27.5. The lowest BCUT2D eigenvalue weighted by molar-refractivity contribution is -0.150. The number of carbonyl (C=O) groups excluding carboxylic acids is 2. The summed E-state index contributed by atoms with van der Waals surface area (Å²) in [6.07, 6.45) is 57.0. The molecule has 56 heavy (non-hydrogen) atoms. The van der Waals surface area contributed by atoms with E-state index in [1.165, 1.54) is 141 Å². The van der Waals surface area contributed by atoms with E-state index in [1.807, 2.05) is 0 Å². The Morgan fingerprint density at radius 2 is 0.821 bits per heavy atom. The van der Waals surface area contributed by atoms with Crippen LogP contribution in [0.2, 0.25) is 0 Å². The molecule has 1 unspecified atom stereocenters. The van der Waals surface area contributed by atoms with Crippen molar-refractivity contribution in [2.45, 2.75) is 258 Å². The van der Waals surface area contributed by atoms with Gasteiger partial charge >= 0.3 is 11.9 Å². The Balaban J connectivity index is 4.16. The van der Waals surface area contributed by atoms with Gasteiger partial charge in [0.25, 0.3) is 0 Å². The Kier molecular flexibility index (Phi) is 43.4. The van der Waals surface area contributed by atoms with E-state index in [4.69, 9.17) is 9.84 Å². The summed E-state index contributed by atoms with van der Waals surface area (Å²) in [5.74, 6) is -1.23. The molecule has 0 aliphatic heterocycles. The van der Waals surface area contributed by atoms with Gasteiger partial charge in [0.05, 0.1) is 0 Å². The van der Waals surface area contributed by atoms with E-state index in [0.717, 1.165) is 83.5 Å². The van der Waals surface area contributed by atoms with Crippen LogP contribution in [0.4, 0.5) is 0 Å². The zero-order chi connectivity index (χ0) is 40.8. The number of rotatable bonds is 44. The van der Waals surface area contributed by atoms with Crippen LogP contribution in [0.3, 0.4) is 0 Å². The predicted octanol–water partition coefficient (Wildman–Crippen LogP) is 15.2. The van der Waals surface area contributed by atoms with Crippen LogP contribution in [-0.4, -0.2) is 35.6 Å². The van der Waals surface area contributed by atoms with Crippen molar-refractivity contribution in [1.82, 2.24) is 5.32 Å². The number of ether oxygens (including phenoxy) is 1. The van der Waals surface area contributed by atoms with Gasteiger partial charge in [-0.3, -0.25) is 14.4 Å². The van der Waals surface area contributed by atoms with Crippen molar-refractivity contribution in [3.8, 4) is 0 Å². The second-order valence-electron chi connectivity index (χ2n) is 16.4. The summed E-state index contributed by atoms with van der Waals surface area (Å²) in [6, 6.07) is 0. The minimum Gasteiger partial charge on any atom is -0.480 e. The van der Waals surface area contributed by atoms with Crippen LogP contribution >= 0.6 is 0 Å². The number of esters is 1. The molecule has 326 valence electrons. The van der Waals surface area contributed by atoms with E-state index in [-0.39, 0.29) is 24.5 Å². The molecule has 0 aliphatic rings. The minimum absolute atomic E-state index is 0.0203. The molecule has 0 heterocycles. The fraction of sp³-hybridized carbons (Fsp3) is 0.820. The molecule has 6 nitrogen and oxygen atoms in total. The second kappa shape index (κ2) is 45.3. The number of carbonyl (C=O) groups is 3. The van der Waals surface area contributed by atoms with Crippen LogP contribution in [0.1, 0.15) is 251 Å². The minimum atomic E-state index is -1.02. The highest BCUT2D eigenvalue weighted by Gasteiger charge is 2.14. The van der Waals surface area contributed by atoms with Gasteiger partial charge in [-0.2, -0.15) is 0 Å². The zero-order valence-electron chi connectivity index (χ0n) is 37.0. The van der Waals surface area contributed by atoms with Gasteiger partial charge in [-0.1, -0.05) is 198 Å². The highest BCUT2D eigenvalue weighted by molar-refractivity contribution is 5.80. The number of nitrogens with one attached hydrogen (secondary N) is 1. The van der Waals surface area contributed by atoms with E-state index in [1.54, 1.807) is 0 Å². The molecule has 0 aliphatic carbocycles. The van der Waals surface area contributed by atoms with Gasteiger partial charge < -0.3 is 15.2 Å². The van der Waals surface area contributed by atoms with Gasteiger partial charge in [0.2, 0.25) is 5.91 Å². The van der Waals surface area contributed by atoms with Crippen LogP contribution in [0.25, 0.3) is 0 Å². The number of hydrogen-bond acceptors (Lipinski definition) is 4. The summed E-state index contributed by atoms with van der Waals surface area (Å²) in [5.41, 5.74) is 0. The number of carboxylic acids is 1. The molecule has 6 heteroatoms. The topological polar surface area (TPSA) is 92.7 Å². The van der Waals surface area contributed by atoms with Crippen molar-refractivity contribution >= 4 is 17.8 Å². The van der Waals surface area contributed by atoms with Crippen LogP contribution in [0.15, 0.2) is 36.5 Å². The molecule has 0 aromatic rings. The summed E-state index contributed by atoms with van der Waals surface area (Å²) in [6.45, 7) is 4.22. The Morgan fingerprint density at radius 3 is 1.29 bits per heavy atom. The largest absolute Gasteiger partial charge is 0.480 e. The van der Waals surface area contributed by atoms with Gasteiger partial charge in [-0.25, -0.2) is 0 Å². The first kappa shape index (κ1) is 53.6. The predicted molar refractivity (Wildman–Crippen MR) is 240 cm³/mol. The van der Waals surface area contributed by atoms with Crippen molar-refractivity contribution in [1.29, 1.82) is 0 Å². The molecule has 0 saturated carbocycles. The third-order valence-electron chi connectivity index (χ3n) is 10.8. The lowest BCUT2D eigenvalue weighted by atomic mass is 10.0. The van der Waals surface area contributed by atoms with Crippen LogP contribution < -0.4 is 5.32 Å². The molecule has 0 aromatic carbocycles. The molecule has 0 radical (unpaired) electrons. The van der Waals surface area contributed by atoms with Crippen molar-refractivity contribution in [2.75, 3.05) is 6.54 Å². The standard InChI is InChI=1S/C50H91NO5/c1-3-5-7-9-11-13-15-17-19-20-21-22-24-26-28-30-32-37-41-45-50(55)56-47(43-39-35-33-36-40-44-48(52)51-46-49(53)54)42-38-34-31-29-27-25-23-18-16-14-12-10-8-6-4-2/h11,13,17,19,21-22,47H,3-10,12,14-16,18,20,23-46H2,1-2H3,(H,51,52)(H,53,54)/b13-11-,19-17-,22-21-. The van der Waals surface area contributed by atoms with Crippen molar-refractivity contribution < 1.29 is 24.2 Å². The maximum Gasteiger partial charge on any atom is 0.322 e. The van der Waals surface area contributed by atoms with Crippen molar-refractivity contribution in [3.63, 3.8) is 0 Å². The number of amides is 1. The molecular formula is C50H91NO5. The Bertz CT molecular complexity index is 957. The van der Waals surface area contributed by atoms with E-state index < -0.39 is 5.97 Å². The maximum atomic E-state index is 12.8. The molecule has 0 rings (SSSR count).